The van der Waals surface area contributed by atoms with Gasteiger partial charge in [0.25, 0.3) is 5.91 Å². The lowest BCUT2D eigenvalue weighted by Crippen LogP contribution is -2.32. The van der Waals surface area contributed by atoms with Gasteiger partial charge in [0.05, 0.1) is 9.79 Å². The molecule has 2 aromatic rings. The van der Waals surface area contributed by atoms with Crippen LogP contribution in [0.15, 0.2) is 52.3 Å². The van der Waals surface area contributed by atoms with Crippen LogP contribution in [0, 0.1) is 0 Å². The van der Waals surface area contributed by atoms with Crippen LogP contribution < -0.4 is 5.32 Å². The van der Waals surface area contributed by atoms with E-state index in [9.17, 15) is 18.0 Å². The molecule has 2 aromatic carbocycles. The first-order valence-corrected chi connectivity index (χ1v) is 10.7. The molecule has 3 rings (SSSR count). The molecule has 1 amide bonds. The van der Waals surface area contributed by atoms with Gasteiger partial charge >= 0.3 is 0 Å². The molecule has 0 bridgehead atoms. The van der Waals surface area contributed by atoms with Gasteiger partial charge in [-0.15, -0.1) is 0 Å². The zero-order valence-corrected chi connectivity index (χ0v) is 16.3. The molecular weight excluding hydrogens is 362 g/mol. The van der Waals surface area contributed by atoms with Gasteiger partial charge in [-0.1, -0.05) is 38.3 Å². The van der Waals surface area contributed by atoms with Crippen molar-refractivity contribution in [2.24, 2.45) is 0 Å². The van der Waals surface area contributed by atoms with Crippen LogP contribution in [0.25, 0.3) is 0 Å². The molecule has 0 saturated heterocycles. The zero-order valence-electron chi connectivity index (χ0n) is 15.5. The number of carbonyl (C=O) groups is 2. The third kappa shape index (κ3) is 3.67. The molecule has 0 radical (unpaired) electrons. The molecule has 0 aromatic heterocycles. The fourth-order valence-corrected chi connectivity index (χ4v) is 4.98. The monoisotopic (exact) mass is 385 g/mol. The number of unbranched alkanes of at least 4 members (excludes halogenated alkanes) is 2. The zero-order chi connectivity index (χ0) is 19.6. The van der Waals surface area contributed by atoms with Crippen molar-refractivity contribution < 1.29 is 18.0 Å². The fourth-order valence-electron chi connectivity index (χ4n) is 3.31. The Kier molecular flexibility index (Phi) is 5.46. The standard InChI is InChI=1S/C21H23NO4S/c1-3-4-5-8-14(2)22-21(24)15-11-12-17-19(13-15)27(25,26)18-10-7-6-9-16(18)20(17)23/h6-7,9-14H,3-5,8H2,1-2H3,(H,22,24). The smallest absolute Gasteiger partial charge is 0.251 e. The van der Waals surface area contributed by atoms with Crippen molar-refractivity contribution in [3.05, 3.63) is 59.2 Å². The minimum Gasteiger partial charge on any atom is -0.350 e. The molecule has 1 aliphatic heterocycles. The summed E-state index contributed by atoms with van der Waals surface area (Å²) in [5.74, 6) is -0.668. The Hall–Kier alpha value is -2.47. The Labute approximate surface area is 159 Å². The van der Waals surface area contributed by atoms with Gasteiger partial charge in [-0.25, -0.2) is 8.42 Å². The Morgan fingerprint density at radius 3 is 2.48 bits per heavy atom. The second-order valence-electron chi connectivity index (χ2n) is 6.91. The van der Waals surface area contributed by atoms with E-state index in [-0.39, 0.29) is 44.2 Å². The summed E-state index contributed by atoms with van der Waals surface area (Å²) < 4.78 is 25.9. The highest BCUT2D eigenvalue weighted by Gasteiger charge is 2.35. The van der Waals surface area contributed by atoms with Gasteiger partial charge in [-0.2, -0.15) is 0 Å². The Morgan fingerprint density at radius 2 is 1.74 bits per heavy atom. The van der Waals surface area contributed by atoms with Gasteiger partial charge in [0.1, 0.15) is 0 Å². The number of benzene rings is 2. The first-order valence-electron chi connectivity index (χ1n) is 9.20. The van der Waals surface area contributed by atoms with E-state index in [0.717, 1.165) is 25.7 Å². The summed E-state index contributed by atoms with van der Waals surface area (Å²) in [6.45, 7) is 4.05. The van der Waals surface area contributed by atoms with E-state index in [0.29, 0.717) is 0 Å². The van der Waals surface area contributed by atoms with Gasteiger partial charge in [-0.05, 0) is 43.7 Å². The lowest BCUT2D eigenvalue weighted by atomic mass is 10.0. The number of hydrogen-bond donors (Lipinski definition) is 1. The minimum atomic E-state index is -3.84. The minimum absolute atomic E-state index is 0.000882. The van der Waals surface area contributed by atoms with Crippen molar-refractivity contribution >= 4 is 21.5 Å². The highest BCUT2D eigenvalue weighted by atomic mass is 32.2. The third-order valence-corrected chi connectivity index (χ3v) is 6.67. The second kappa shape index (κ2) is 7.64. The van der Waals surface area contributed by atoms with Gasteiger partial charge < -0.3 is 5.32 Å². The molecule has 1 aliphatic rings. The molecule has 1 heterocycles. The van der Waals surface area contributed by atoms with Gasteiger partial charge in [0, 0.05) is 22.7 Å². The molecule has 1 unspecified atom stereocenters. The Balaban J connectivity index is 1.90. The van der Waals surface area contributed by atoms with Crippen molar-refractivity contribution in [3.63, 3.8) is 0 Å². The largest absolute Gasteiger partial charge is 0.350 e. The highest BCUT2D eigenvalue weighted by Crippen LogP contribution is 2.34. The van der Waals surface area contributed by atoms with Crippen molar-refractivity contribution in [2.75, 3.05) is 0 Å². The van der Waals surface area contributed by atoms with Gasteiger partial charge in [0.15, 0.2) is 5.78 Å². The van der Waals surface area contributed by atoms with Gasteiger partial charge in [0.2, 0.25) is 9.84 Å². The van der Waals surface area contributed by atoms with Crippen LogP contribution in [-0.4, -0.2) is 26.2 Å². The highest BCUT2D eigenvalue weighted by molar-refractivity contribution is 7.91. The average molecular weight is 385 g/mol. The maximum absolute atomic E-state index is 12.9. The van der Waals surface area contributed by atoms with Crippen LogP contribution in [0.1, 0.15) is 65.8 Å². The number of rotatable bonds is 6. The summed E-state index contributed by atoms with van der Waals surface area (Å²) in [4.78, 5) is 25.1. The van der Waals surface area contributed by atoms with E-state index in [2.05, 4.69) is 12.2 Å². The Morgan fingerprint density at radius 1 is 1.04 bits per heavy atom. The van der Waals surface area contributed by atoms with Crippen LogP contribution in [-0.2, 0) is 9.84 Å². The number of fused-ring (bicyclic) bond motifs is 2. The summed E-state index contributed by atoms with van der Waals surface area (Å²) in [7, 11) is -3.84. The predicted octanol–water partition coefficient (Wildman–Crippen LogP) is 3.76. The van der Waals surface area contributed by atoms with Crippen LogP contribution in [0.3, 0.4) is 0 Å². The molecule has 1 atom stereocenters. The predicted molar refractivity (Wildman–Crippen MR) is 103 cm³/mol. The van der Waals surface area contributed by atoms with Crippen molar-refractivity contribution in [2.45, 2.75) is 55.4 Å². The lowest BCUT2D eigenvalue weighted by molar-refractivity contribution is 0.0936. The summed E-state index contributed by atoms with van der Waals surface area (Å²) in [5.41, 5.74) is 0.528. The third-order valence-electron chi connectivity index (χ3n) is 4.82. The molecule has 27 heavy (non-hydrogen) atoms. The van der Waals surface area contributed by atoms with Crippen molar-refractivity contribution in [1.82, 2.24) is 5.32 Å². The van der Waals surface area contributed by atoms with E-state index < -0.39 is 9.84 Å². The molecule has 142 valence electrons. The number of sulfone groups is 1. The van der Waals surface area contributed by atoms with Crippen LogP contribution in [0.4, 0.5) is 0 Å². The lowest BCUT2D eigenvalue weighted by Gasteiger charge is -2.20. The Bertz CT molecular complexity index is 995. The number of carbonyl (C=O) groups excluding carboxylic acids is 2. The summed E-state index contributed by atoms with van der Waals surface area (Å²) >= 11 is 0. The molecule has 0 spiro atoms. The first kappa shape index (κ1) is 19.3. The van der Waals surface area contributed by atoms with Crippen LogP contribution in [0.2, 0.25) is 0 Å². The second-order valence-corrected chi connectivity index (χ2v) is 8.80. The van der Waals surface area contributed by atoms with E-state index in [1.165, 1.54) is 30.3 Å². The van der Waals surface area contributed by atoms with Crippen molar-refractivity contribution in [3.8, 4) is 0 Å². The normalized spacial score (nSPS) is 15.6. The van der Waals surface area contributed by atoms with E-state index in [4.69, 9.17) is 0 Å². The first-order chi connectivity index (χ1) is 12.9. The fraction of sp³-hybridized carbons (Fsp3) is 0.333. The molecular formula is C21H23NO4S. The number of hydrogen-bond acceptors (Lipinski definition) is 4. The summed E-state index contributed by atoms with van der Waals surface area (Å²) in [6, 6.07) is 10.4. The molecule has 5 nitrogen and oxygen atoms in total. The quantitative estimate of drug-likeness (QED) is 0.655. The van der Waals surface area contributed by atoms with Crippen molar-refractivity contribution in [1.29, 1.82) is 0 Å². The maximum atomic E-state index is 12.9. The molecule has 0 saturated carbocycles. The summed E-state index contributed by atoms with van der Waals surface area (Å²) in [5, 5.41) is 2.90. The molecule has 6 heteroatoms. The average Bonchev–Trinajstić information content (AvgIpc) is 2.66. The molecule has 0 fully saturated rings. The maximum Gasteiger partial charge on any atom is 0.251 e. The number of nitrogens with one attached hydrogen (secondary N) is 1. The van der Waals surface area contributed by atoms with Gasteiger partial charge in [-0.3, -0.25) is 9.59 Å². The van der Waals surface area contributed by atoms with Crippen LogP contribution >= 0.6 is 0 Å². The van der Waals surface area contributed by atoms with E-state index >= 15 is 0 Å². The van der Waals surface area contributed by atoms with Crippen LogP contribution in [0.5, 0.6) is 0 Å². The van der Waals surface area contributed by atoms with E-state index in [1.807, 2.05) is 6.92 Å². The summed E-state index contributed by atoms with van der Waals surface area (Å²) in [6.07, 6.45) is 4.12. The number of ketones is 1. The molecule has 1 N–H and O–H groups in total. The van der Waals surface area contributed by atoms with E-state index in [1.54, 1.807) is 12.1 Å². The SMILES string of the molecule is CCCCCC(C)NC(=O)c1ccc2c(c1)S(=O)(=O)c1ccccc1C2=O. The topological polar surface area (TPSA) is 80.3 Å². The number of amides is 1. The molecule has 0 aliphatic carbocycles.